The van der Waals surface area contributed by atoms with Crippen molar-refractivity contribution in [1.29, 1.82) is 5.26 Å². The standard InChI is InChI=1S/C26H21BrCl2N2O2/c27-22-14-19(15-24(29)25(22)33-17-20-10-4-5-11-23(20)28)13-21(16-30)26(32)31-12-6-9-18-7-2-1-3-8-18/h1-5,7-8,10-11,13-15H,6,9,12,17H2,(H,31,32)/b21-13-. The number of ether oxygens (including phenoxy) is 1. The molecule has 0 aromatic heterocycles. The number of nitrogens with one attached hydrogen (secondary N) is 1. The first kappa shape index (κ1) is 24.9. The van der Waals surface area contributed by atoms with E-state index < -0.39 is 5.91 Å². The number of amides is 1. The number of nitrogens with zero attached hydrogens (tertiary/aromatic N) is 1. The zero-order valence-electron chi connectivity index (χ0n) is 17.7. The van der Waals surface area contributed by atoms with Crippen molar-refractivity contribution in [2.45, 2.75) is 19.4 Å². The molecule has 0 spiro atoms. The van der Waals surface area contributed by atoms with Crippen LogP contribution in [0.4, 0.5) is 0 Å². The minimum absolute atomic E-state index is 0.00223. The molecular weight excluding hydrogens is 523 g/mol. The molecule has 0 heterocycles. The van der Waals surface area contributed by atoms with E-state index >= 15 is 0 Å². The van der Waals surface area contributed by atoms with Gasteiger partial charge in [-0.2, -0.15) is 5.26 Å². The highest BCUT2D eigenvalue weighted by Crippen LogP contribution is 2.36. The zero-order valence-corrected chi connectivity index (χ0v) is 20.8. The van der Waals surface area contributed by atoms with E-state index in [0.717, 1.165) is 18.4 Å². The number of benzene rings is 3. The van der Waals surface area contributed by atoms with E-state index in [9.17, 15) is 10.1 Å². The molecule has 0 bridgehead atoms. The summed E-state index contributed by atoms with van der Waals surface area (Å²) in [5, 5.41) is 13.2. The van der Waals surface area contributed by atoms with Gasteiger partial charge in [0.15, 0.2) is 5.75 Å². The van der Waals surface area contributed by atoms with Crippen molar-refractivity contribution in [3.8, 4) is 11.8 Å². The Kier molecular flexibility index (Phi) is 9.38. The van der Waals surface area contributed by atoms with Gasteiger partial charge < -0.3 is 10.1 Å². The molecule has 3 aromatic rings. The van der Waals surface area contributed by atoms with Gasteiger partial charge in [0.2, 0.25) is 0 Å². The molecule has 0 aliphatic heterocycles. The first-order valence-electron chi connectivity index (χ1n) is 10.3. The van der Waals surface area contributed by atoms with Gasteiger partial charge in [-0.1, -0.05) is 71.7 Å². The fraction of sp³-hybridized carbons (Fsp3) is 0.154. The lowest BCUT2D eigenvalue weighted by molar-refractivity contribution is -0.117. The van der Waals surface area contributed by atoms with Gasteiger partial charge in [0.25, 0.3) is 5.91 Å². The summed E-state index contributed by atoms with van der Waals surface area (Å²) in [5.74, 6) is 0.0365. The second kappa shape index (κ2) is 12.5. The van der Waals surface area contributed by atoms with Crippen LogP contribution >= 0.6 is 39.1 Å². The molecule has 1 N–H and O–H groups in total. The van der Waals surface area contributed by atoms with Crippen molar-refractivity contribution >= 4 is 51.1 Å². The molecule has 1 amide bonds. The average molecular weight is 544 g/mol. The van der Waals surface area contributed by atoms with E-state index in [4.69, 9.17) is 27.9 Å². The summed E-state index contributed by atoms with van der Waals surface area (Å²) in [4.78, 5) is 12.4. The van der Waals surface area contributed by atoms with Gasteiger partial charge >= 0.3 is 0 Å². The lowest BCUT2D eigenvalue weighted by atomic mass is 10.1. The molecule has 0 aliphatic carbocycles. The number of carbonyl (C=O) groups excluding carboxylic acids is 1. The van der Waals surface area contributed by atoms with Crippen LogP contribution in [0.1, 0.15) is 23.1 Å². The molecule has 0 aliphatic rings. The van der Waals surface area contributed by atoms with Crippen molar-refractivity contribution in [2.24, 2.45) is 0 Å². The summed E-state index contributed by atoms with van der Waals surface area (Å²) >= 11 is 16.0. The number of carbonyl (C=O) groups is 1. The SMILES string of the molecule is N#C/C(=C/c1cc(Cl)c(OCc2ccccc2Cl)c(Br)c1)C(=O)NCCCc1ccccc1. The number of halogens is 3. The average Bonchev–Trinajstić information content (AvgIpc) is 2.81. The van der Waals surface area contributed by atoms with Gasteiger partial charge in [-0.05, 0) is 64.2 Å². The van der Waals surface area contributed by atoms with Crippen LogP contribution in [0.25, 0.3) is 6.08 Å². The van der Waals surface area contributed by atoms with Gasteiger partial charge in [-0.3, -0.25) is 4.79 Å². The van der Waals surface area contributed by atoms with Crippen LogP contribution in [-0.2, 0) is 17.8 Å². The molecule has 4 nitrogen and oxygen atoms in total. The number of aryl methyl sites for hydroxylation is 1. The lowest BCUT2D eigenvalue weighted by Gasteiger charge is -2.12. The number of hydrogen-bond acceptors (Lipinski definition) is 3. The van der Waals surface area contributed by atoms with Gasteiger partial charge in [0, 0.05) is 17.1 Å². The van der Waals surface area contributed by atoms with Crippen LogP contribution in [0.2, 0.25) is 10.0 Å². The third kappa shape index (κ3) is 7.36. The predicted octanol–water partition coefficient (Wildman–Crippen LogP) is 6.99. The molecule has 0 fully saturated rings. The van der Waals surface area contributed by atoms with Crippen LogP contribution in [-0.4, -0.2) is 12.5 Å². The van der Waals surface area contributed by atoms with E-state index in [1.54, 1.807) is 18.2 Å². The van der Waals surface area contributed by atoms with Crippen molar-refractivity contribution < 1.29 is 9.53 Å². The Balaban J connectivity index is 1.62. The van der Waals surface area contributed by atoms with E-state index in [1.807, 2.05) is 54.6 Å². The minimum Gasteiger partial charge on any atom is -0.486 e. The molecular formula is C26H21BrCl2N2O2. The van der Waals surface area contributed by atoms with E-state index in [1.165, 1.54) is 11.6 Å². The second-order valence-electron chi connectivity index (χ2n) is 7.21. The Hall–Kier alpha value is -2.78. The third-order valence-electron chi connectivity index (χ3n) is 4.80. The van der Waals surface area contributed by atoms with Crippen LogP contribution in [0, 0.1) is 11.3 Å². The minimum atomic E-state index is -0.420. The fourth-order valence-electron chi connectivity index (χ4n) is 3.12. The zero-order chi connectivity index (χ0) is 23.6. The molecule has 0 atom stereocenters. The monoisotopic (exact) mass is 542 g/mol. The van der Waals surface area contributed by atoms with E-state index in [-0.39, 0.29) is 12.2 Å². The molecule has 0 saturated carbocycles. The first-order valence-corrected chi connectivity index (χ1v) is 11.8. The van der Waals surface area contributed by atoms with Crippen molar-refractivity contribution in [2.75, 3.05) is 6.54 Å². The maximum absolute atomic E-state index is 12.4. The quantitative estimate of drug-likeness (QED) is 0.180. The van der Waals surface area contributed by atoms with Gasteiger partial charge in [0.05, 0.1) is 9.50 Å². The number of hydrogen-bond donors (Lipinski definition) is 1. The number of rotatable bonds is 9. The van der Waals surface area contributed by atoms with Crippen LogP contribution < -0.4 is 10.1 Å². The van der Waals surface area contributed by atoms with Crippen molar-refractivity contribution in [1.82, 2.24) is 5.32 Å². The maximum Gasteiger partial charge on any atom is 0.261 e. The van der Waals surface area contributed by atoms with E-state index in [0.29, 0.717) is 32.4 Å². The van der Waals surface area contributed by atoms with Crippen LogP contribution in [0.3, 0.4) is 0 Å². The summed E-state index contributed by atoms with van der Waals surface area (Å²) in [5.41, 5.74) is 2.65. The third-order valence-corrected chi connectivity index (χ3v) is 6.04. The Morgan fingerprint density at radius 2 is 1.79 bits per heavy atom. The largest absolute Gasteiger partial charge is 0.486 e. The Bertz CT molecular complexity index is 1170. The molecule has 0 radical (unpaired) electrons. The van der Waals surface area contributed by atoms with Crippen LogP contribution in [0.5, 0.6) is 5.75 Å². The van der Waals surface area contributed by atoms with Crippen molar-refractivity contribution in [3.05, 3.63) is 104 Å². The predicted molar refractivity (Wildman–Crippen MR) is 136 cm³/mol. The molecule has 0 saturated heterocycles. The summed E-state index contributed by atoms with van der Waals surface area (Å²) in [7, 11) is 0. The Morgan fingerprint density at radius 3 is 2.48 bits per heavy atom. The number of nitriles is 1. The first-order chi connectivity index (χ1) is 16.0. The Labute approximate surface area is 211 Å². The summed E-state index contributed by atoms with van der Waals surface area (Å²) < 4.78 is 6.45. The van der Waals surface area contributed by atoms with E-state index in [2.05, 4.69) is 21.2 Å². The molecule has 3 aromatic carbocycles. The Morgan fingerprint density at radius 1 is 1.06 bits per heavy atom. The van der Waals surface area contributed by atoms with Gasteiger partial charge in [-0.25, -0.2) is 0 Å². The highest BCUT2D eigenvalue weighted by atomic mass is 79.9. The van der Waals surface area contributed by atoms with Crippen molar-refractivity contribution in [3.63, 3.8) is 0 Å². The summed E-state index contributed by atoms with van der Waals surface area (Å²) in [6.45, 7) is 0.730. The molecule has 7 heteroatoms. The molecule has 168 valence electrons. The van der Waals surface area contributed by atoms with Crippen LogP contribution in [0.15, 0.2) is 76.8 Å². The van der Waals surface area contributed by atoms with Gasteiger partial charge in [0.1, 0.15) is 18.2 Å². The highest BCUT2D eigenvalue weighted by Gasteiger charge is 2.13. The smallest absolute Gasteiger partial charge is 0.261 e. The normalized spacial score (nSPS) is 11.0. The second-order valence-corrected chi connectivity index (χ2v) is 8.88. The van der Waals surface area contributed by atoms with Gasteiger partial charge in [-0.15, -0.1) is 0 Å². The molecule has 0 unspecified atom stereocenters. The summed E-state index contributed by atoms with van der Waals surface area (Å²) in [6.07, 6.45) is 3.13. The maximum atomic E-state index is 12.4. The summed E-state index contributed by atoms with van der Waals surface area (Å²) in [6, 6.07) is 22.8. The fourth-order valence-corrected chi connectivity index (χ4v) is 4.29. The highest BCUT2D eigenvalue weighted by molar-refractivity contribution is 9.10. The molecule has 33 heavy (non-hydrogen) atoms. The topological polar surface area (TPSA) is 62.1 Å². The molecule has 3 rings (SSSR count). The lowest BCUT2D eigenvalue weighted by Crippen LogP contribution is -2.25.